The third kappa shape index (κ3) is 3.62. The van der Waals surface area contributed by atoms with Crippen LogP contribution in [0.25, 0.3) is 0 Å². The summed E-state index contributed by atoms with van der Waals surface area (Å²) in [5, 5.41) is 0. The van der Waals surface area contributed by atoms with Gasteiger partial charge in [-0.2, -0.15) is 0 Å². The van der Waals surface area contributed by atoms with Crippen LogP contribution in [0.1, 0.15) is 69.4 Å². The lowest BCUT2D eigenvalue weighted by atomic mass is 9.78. The van der Waals surface area contributed by atoms with E-state index in [-0.39, 0.29) is 11.9 Å². The molecule has 0 heterocycles. The molecule has 0 spiro atoms. The Balaban J connectivity index is 2.03. The van der Waals surface area contributed by atoms with Gasteiger partial charge in [-0.25, -0.2) is 0 Å². The average Bonchev–Trinajstić information content (AvgIpc) is 2.48. The summed E-state index contributed by atoms with van der Waals surface area (Å²) in [7, 11) is 0. The molecule has 20 heavy (non-hydrogen) atoms. The quantitative estimate of drug-likeness (QED) is 0.747. The van der Waals surface area contributed by atoms with Crippen LogP contribution in [0.2, 0.25) is 0 Å². The maximum absolute atomic E-state index is 11.9. The molecule has 1 saturated carbocycles. The van der Waals surface area contributed by atoms with E-state index in [1.165, 1.54) is 17.5 Å². The summed E-state index contributed by atoms with van der Waals surface area (Å²) in [5.74, 6) is 1.18. The zero-order valence-electron chi connectivity index (χ0n) is 12.9. The molecule has 110 valence electrons. The minimum absolute atomic E-state index is 0.00370. The standard InChI is InChI=1S/C18H26O2/c1-4-20-18(19)17-7-5-6-16(12-17)15-10-8-14(9-11-15)13(2)3/h8-11,13,16-17H,4-7,12H2,1-3H3. The average molecular weight is 274 g/mol. The van der Waals surface area contributed by atoms with Gasteiger partial charge in [0, 0.05) is 0 Å². The predicted octanol–water partition coefficient (Wildman–Crippen LogP) is 4.65. The van der Waals surface area contributed by atoms with Crippen LogP contribution in [0, 0.1) is 5.92 Å². The normalized spacial score (nSPS) is 22.8. The van der Waals surface area contributed by atoms with Crippen LogP contribution in [0.4, 0.5) is 0 Å². The van der Waals surface area contributed by atoms with Gasteiger partial charge in [-0.1, -0.05) is 44.5 Å². The van der Waals surface area contributed by atoms with Gasteiger partial charge in [-0.05, 0) is 49.1 Å². The van der Waals surface area contributed by atoms with Crippen LogP contribution in [0.5, 0.6) is 0 Å². The number of hydrogen-bond acceptors (Lipinski definition) is 2. The molecule has 0 bridgehead atoms. The van der Waals surface area contributed by atoms with E-state index in [0.717, 1.165) is 19.3 Å². The van der Waals surface area contributed by atoms with Crippen LogP contribution in [0.3, 0.4) is 0 Å². The lowest BCUT2D eigenvalue weighted by molar-refractivity contribution is -0.149. The van der Waals surface area contributed by atoms with Crippen molar-refractivity contribution in [1.29, 1.82) is 0 Å². The molecular formula is C18H26O2. The Labute approximate surface area is 122 Å². The van der Waals surface area contributed by atoms with Gasteiger partial charge in [0.05, 0.1) is 12.5 Å². The fourth-order valence-corrected chi connectivity index (χ4v) is 3.12. The van der Waals surface area contributed by atoms with Crippen LogP contribution < -0.4 is 0 Å². The summed E-state index contributed by atoms with van der Waals surface area (Å²) < 4.78 is 5.18. The van der Waals surface area contributed by atoms with Gasteiger partial charge in [0.15, 0.2) is 0 Å². The van der Waals surface area contributed by atoms with Crippen molar-refractivity contribution in [3.05, 3.63) is 35.4 Å². The van der Waals surface area contributed by atoms with Crippen LogP contribution >= 0.6 is 0 Å². The maximum atomic E-state index is 11.9. The van der Waals surface area contributed by atoms with Gasteiger partial charge in [-0.15, -0.1) is 0 Å². The highest BCUT2D eigenvalue weighted by Crippen LogP contribution is 2.37. The van der Waals surface area contributed by atoms with Crippen molar-refractivity contribution in [3.8, 4) is 0 Å². The number of rotatable bonds is 4. The van der Waals surface area contributed by atoms with E-state index in [0.29, 0.717) is 18.4 Å². The molecule has 1 aliphatic carbocycles. The van der Waals surface area contributed by atoms with Crippen molar-refractivity contribution in [2.24, 2.45) is 5.92 Å². The summed E-state index contributed by atoms with van der Waals surface area (Å²) in [6.07, 6.45) is 4.25. The van der Waals surface area contributed by atoms with Gasteiger partial charge in [0.1, 0.15) is 0 Å². The van der Waals surface area contributed by atoms with E-state index < -0.39 is 0 Å². The van der Waals surface area contributed by atoms with E-state index in [2.05, 4.69) is 38.1 Å². The molecule has 0 N–H and O–H groups in total. The molecule has 1 aliphatic rings. The minimum Gasteiger partial charge on any atom is -0.466 e. The van der Waals surface area contributed by atoms with E-state index in [1.807, 2.05) is 6.92 Å². The molecule has 2 atom stereocenters. The Hall–Kier alpha value is -1.31. The molecule has 1 fully saturated rings. The molecule has 2 nitrogen and oxygen atoms in total. The molecule has 2 heteroatoms. The zero-order valence-corrected chi connectivity index (χ0v) is 12.9. The summed E-state index contributed by atoms with van der Waals surface area (Å²) >= 11 is 0. The first-order valence-electron chi connectivity index (χ1n) is 7.88. The number of hydrogen-bond donors (Lipinski definition) is 0. The monoisotopic (exact) mass is 274 g/mol. The van der Waals surface area contributed by atoms with E-state index in [9.17, 15) is 4.79 Å². The minimum atomic E-state index is -0.00370. The molecule has 0 radical (unpaired) electrons. The highest BCUT2D eigenvalue weighted by molar-refractivity contribution is 5.72. The van der Waals surface area contributed by atoms with E-state index >= 15 is 0 Å². The SMILES string of the molecule is CCOC(=O)C1CCCC(c2ccc(C(C)C)cc2)C1. The lowest BCUT2D eigenvalue weighted by Crippen LogP contribution is -2.24. The molecule has 0 saturated heterocycles. The van der Waals surface area contributed by atoms with Gasteiger partial charge >= 0.3 is 5.97 Å². The second kappa shape index (κ2) is 6.92. The second-order valence-electron chi connectivity index (χ2n) is 6.13. The molecule has 2 unspecified atom stereocenters. The summed E-state index contributed by atoms with van der Waals surface area (Å²) in [6, 6.07) is 8.95. The summed E-state index contributed by atoms with van der Waals surface area (Å²) in [5.41, 5.74) is 2.76. The topological polar surface area (TPSA) is 26.3 Å². The first-order valence-corrected chi connectivity index (χ1v) is 7.88. The summed E-state index contributed by atoms with van der Waals surface area (Å²) in [4.78, 5) is 11.9. The zero-order chi connectivity index (χ0) is 14.5. The van der Waals surface area contributed by atoms with Crippen LogP contribution in [-0.2, 0) is 9.53 Å². The van der Waals surface area contributed by atoms with Gasteiger partial charge in [0.25, 0.3) is 0 Å². The molecule has 0 aliphatic heterocycles. The molecule has 2 rings (SSSR count). The Kier molecular flexibility index (Phi) is 5.22. The number of carbonyl (C=O) groups excluding carboxylic acids is 1. The third-order valence-corrected chi connectivity index (χ3v) is 4.37. The lowest BCUT2D eigenvalue weighted by Gasteiger charge is -2.28. The largest absolute Gasteiger partial charge is 0.466 e. The molecular weight excluding hydrogens is 248 g/mol. The maximum Gasteiger partial charge on any atom is 0.308 e. The summed E-state index contributed by atoms with van der Waals surface area (Å²) in [6.45, 7) is 6.80. The third-order valence-electron chi connectivity index (χ3n) is 4.37. The highest BCUT2D eigenvalue weighted by Gasteiger charge is 2.28. The Bertz CT molecular complexity index is 433. The molecule has 0 amide bonds. The second-order valence-corrected chi connectivity index (χ2v) is 6.13. The van der Waals surface area contributed by atoms with Gasteiger partial charge in [0.2, 0.25) is 0 Å². The fraction of sp³-hybridized carbons (Fsp3) is 0.611. The van der Waals surface area contributed by atoms with Crippen molar-refractivity contribution in [1.82, 2.24) is 0 Å². The van der Waals surface area contributed by atoms with Crippen molar-refractivity contribution in [3.63, 3.8) is 0 Å². The molecule has 1 aromatic rings. The number of esters is 1. The Morgan fingerprint density at radius 3 is 2.55 bits per heavy atom. The number of benzene rings is 1. The molecule has 1 aromatic carbocycles. The van der Waals surface area contributed by atoms with Crippen molar-refractivity contribution in [2.45, 2.75) is 58.3 Å². The van der Waals surface area contributed by atoms with Crippen molar-refractivity contribution < 1.29 is 9.53 Å². The molecule has 0 aromatic heterocycles. The predicted molar refractivity (Wildman–Crippen MR) is 81.9 cm³/mol. The van der Waals surface area contributed by atoms with Crippen LogP contribution in [-0.4, -0.2) is 12.6 Å². The smallest absolute Gasteiger partial charge is 0.308 e. The van der Waals surface area contributed by atoms with Crippen molar-refractivity contribution in [2.75, 3.05) is 6.61 Å². The fourth-order valence-electron chi connectivity index (χ4n) is 3.12. The van der Waals surface area contributed by atoms with Gasteiger partial charge < -0.3 is 4.74 Å². The highest BCUT2D eigenvalue weighted by atomic mass is 16.5. The Morgan fingerprint density at radius 2 is 1.95 bits per heavy atom. The van der Waals surface area contributed by atoms with Crippen molar-refractivity contribution >= 4 is 5.97 Å². The van der Waals surface area contributed by atoms with Gasteiger partial charge in [-0.3, -0.25) is 4.79 Å². The number of ether oxygens (including phenoxy) is 1. The Morgan fingerprint density at radius 1 is 1.25 bits per heavy atom. The first kappa shape index (κ1) is 15.1. The van der Waals surface area contributed by atoms with Crippen LogP contribution in [0.15, 0.2) is 24.3 Å². The first-order chi connectivity index (χ1) is 9.61. The van der Waals surface area contributed by atoms with E-state index in [4.69, 9.17) is 4.74 Å². The van der Waals surface area contributed by atoms with E-state index in [1.54, 1.807) is 0 Å². The number of carbonyl (C=O) groups is 1.